The van der Waals surface area contributed by atoms with E-state index >= 15 is 0 Å². The van der Waals surface area contributed by atoms with Crippen LogP contribution in [-0.2, 0) is 23.9 Å². The third kappa shape index (κ3) is 5.29. The zero-order valence-corrected chi connectivity index (χ0v) is 10.6. The van der Waals surface area contributed by atoms with Gasteiger partial charge in [0.25, 0.3) is 5.78 Å². The minimum Gasteiger partial charge on any atom is -0.465 e. The van der Waals surface area contributed by atoms with Gasteiger partial charge in [-0.3, -0.25) is 9.59 Å². The van der Waals surface area contributed by atoms with Crippen LogP contribution in [0.15, 0.2) is 11.6 Å². The van der Waals surface area contributed by atoms with Crippen molar-refractivity contribution in [1.29, 1.82) is 0 Å². The van der Waals surface area contributed by atoms with Crippen molar-refractivity contribution in [3.05, 3.63) is 11.6 Å². The highest BCUT2D eigenvalue weighted by Gasteiger charge is 2.31. The molecule has 0 spiro atoms. The van der Waals surface area contributed by atoms with Crippen molar-refractivity contribution in [2.75, 3.05) is 13.2 Å². The van der Waals surface area contributed by atoms with Crippen LogP contribution < -0.4 is 0 Å². The summed E-state index contributed by atoms with van der Waals surface area (Å²) in [7, 11) is 0. The summed E-state index contributed by atoms with van der Waals surface area (Å²) in [6.07, 6.45) is 1.40. The number of esters is 2. The maximum absolute atomic E-state index is 11.7. The molecule has 0 amide bonds. The quantitative estimate of drug-likeness (QED) is 0.303. The zero-order chi connectivity index (χ0) is 13.4. The molecular formula is C12H18O5. The molecule has 96 valence electrons. The molecule has 0 aromatic carbocycles. The molecular weight excluding hydrogens is 224 g/mol. The van der Waals surface area contributed by atoms with E-state index < -0.39 is 23.6 Å². The Morgan fingerprint density at radius 3 is 2.00 bits per heavy atom. The summed E-state index contributed by atoms with van der Waals surface area (Å²) in [4.78, 5) is 34.5. The van der Waals surface area contributed by atoms with E-state index in [2.05, 4.69) is 4.74 Å². The molecule has 0 aromatic heterocycles. The molecule has 17 heavy (non-hydrogen) atoms. The van der Waals surface area contributed by atoms with Gasteiger partial charge < -0.3 is 9.47 Å². The molecule has 0 bridgehead atoms. The molecule has 0 rings (SSSR count). The Hall–Kier alpha value is -1.65. The van der Waals surface area contributed by atoms with Crippen molar-refractivity contribution in [2.45, 2.75) is 27.7 Å². The molecule has 0 radical (unpaired) electrons. The molecule has 0 aliphatic rings. The Kier molecular flexibility index (Phi) is 6.86. The average molecular weight is 242 g/mol. The third-order valence-corrected chi connectivity index (χ3v) is 1.80. The molecule has 0 saturated carbocycles. The summed E-state index contributed by atoms with van der Waals surface area (Å²) >= 11 is 0. The minimum atomic E-state index is -1.21. The topological polar surface area (TPSA) is 69.7 Å². The normalized spacial score (nSPS) is 11.3. The number of hydrogen-bond acceptors (Lipinski definition) is 5. The van der Waals surface area contributed by atoms with Crippen molar-refractivity contribution >= 4 is 17.7 Å². The van der Waals surface area contributed by atoms with Gasteiger partial charge in [0.2, 0.25) is 0 Å². The van der Waals surface area contributed by atoms with Gasteiger partial charge in [-0.1, -0.05) is 11.6 Å². The van der Waals surface area contributed by atoms with Crippen LogP contribution in [0.2, 0.25) is 0 Å². The Bertz CT molecular complexity index is 326. The monoisotopic (exact) mass is 242 g/mol. The van der Waals surface area contributed by atoms with E-state index in [0.29, 0.717) is 0 Å². The van der Waals surface area contributed by atoms with Crippen LogP contribution in [0.25, 0.3) is 0 Å². The number of rotatable bonds is 6. The van der Waals surface area contributed by atoms with E-state index in [4.69, 9.17) is 4.74 Å². The van der Waals surface area contributed by atoms with E-state index in [0.717, 1.165) is 5.57 Å². The van der Waals surface area contributed by atoms with E-state index in [1.807, 2.05) is 0 Å². The lowest BCUT2D eigenvalue weighted by molar-refractivity contribution is -0.160. The number of hydrogen-bond donors (Lipinski definition) is 0. The number of allylic oxidation sites excluding steroid dienone is 1. The van der Waals surface area contributed by atoms with Crippen molar-refractivity contribution in [3.8, 4) is 0 Å². The molecule has 0 aromatic rings. The first-order valence-electron chi connectivity index (χ1n) is 5.46. The summed E-state index contributed by atoms with van der Waals surface area (Å²) < 4.78 is 9.31. The summed E-state index contributed by atoms with van der Waals surface area (Å²) in [5.41, 5.74) is 0.751. The maximum Gasteiger partial charge on any atom is 0.375 e. The first kappa shape index (κ1) is 15.3. The van der Waals surface area contributed by atoms with Crippen LogP contribution in [0.1, 0.15) is 27.7 Å². The SMILES string of the molecule is CCOC(=O)C(=O)C(C=C(C)C)C(=O)OCC. The van der Waals surface area contributed by atoms with Gasteiger partial charge in [-0.15, -0.1) is 0 Å². The van der Waals surface area contributed by atoms with Crippen molar-refractivity contribution in [1.82, 2.24) is 0 Å². The lowest BCUT2D eigenvalue weighted by atomic mass is 10.0. The van der Waals surface area contributed by atoms with Crippen molar-refractivity contribution < 1.29 is 23.9 Å². The lowest BCUT2D eigenvalue weighted by Gasteiger charge is -2.10. The first-order valence-corrected chi connectivity index (χ1v) is 5.46. The fraction of sp³-hybridized carbons (Fsp3) is 0.583. The van der Waals surface area contributed by atoms with Crippen LogP contribution in [0.5, 0.6) is 0 Å². The Labute approximate surface area is 101 Å². The summed E-state index contributed by atoms with van der Waals surface area (Å²) in [6, 6.07) is 0. The number of ketones is 1. The highest BCUT2D eigenvalue weighted by atomic mass is 16.5. The van der Waals surface area contributed by atoms with Crippen LogP contribution in [-0.4, -0.2) is 30.9 Å². The maximum atomic E-state index is 11.7. The molecule has 0 aliphatic carbocycles. The van der Waals surface area contributed by atoms with E-state index in [9.17, 15) is 14.4 Å². The second kappa shape index (κ2) is 7.60. The van der Waals surface area contributed by atoms with Crippen LogP contribution in [0.3, 0.4) is 0 Å². The molecule has 0 N–H and O–H groups in total. The number of Topliss-reactive ketones (excluding diaryl/α,β-unsaturated/α-hetero) is 1. The molecule has 0 aliphatic heterocycles. The van der Waals surface area contributed by atoms with Crippen LogP contribution in [0.4, 0.5) is 0 Å². The predicted octanol–water partition coefficient (Wildman–Crippen LogP) is 1.26. The summed E-state index contributed by atoms with van der Waals surface area (Å²) in [6.45, 7) is 6.92. The first-order chi connectivity index (χ1) is 7.93. The van der Waals surface area contributed by atoms with E-state index in [1.54, 1.807) is 27.7 Å². The molecule has 5 heteroatoms. The van der Waals surface area contributed by atoms with Gasteiger partial charge in [0.1, 0.15) is 5.92 Å². The lowest BCUT2D eigenvalue weighted by Crippen LogP contribution is -2.31. The van der Waals surface area contributed by atoms with E-state index in [-0.39, 0.29) is 13.2 Å². The highest BCUT2D eigenvalue weighted by Crippen LogP contribution is 2.09. The van der Waals surface area contributed by atoms with Crippen molar-refractivity contribution in [3.63, 3.8) is 0 Å². The van der Waals surface area contributed by atoms with Gasteiger partial charge in [-0.05, 0) is 27.7 Å². The Balaban J connectivity index is 4.92. The summed E-state index contributed by atoms with van der Waals surface area (Å²) in [5, 5.41) is 0. The molecule has 5 nitrogen and oxygen atoms in total. The Morgan fingerprint density at radius 1 is 1.06 bits per heavy atom. The van der Waals surface area contributed by atoms with Gasteiger partial charge >= 0.3 is 11.9 Å². The summed E-state index contributed by atoms with van der Waals surface area (Å²) in [5.74, 6) is -3.85. The van der Waals surface area contributed by atoms with Gasteiger partial charge in [-0.25, -0.2) is 4.79 Å². The van der Waals surface area contributed by atoms with Gasteiger partial charge in [0.15, 0.2) is 0 Å². The molecule has 1 atom stereocenters. The minimum absolute atomic E-state index is 0.0922. The third-order valence-electron chi connectivity index (χ3n) is 1.80. The fourth-order valence-electron chi connectivity index (χ4n) is 1.15. The van der Waals surface area contributed by atoms with Gasteiger partial charge in [0, 0.05) is 0 Å². The van der Waals surface area contributed by atoms with Crippen LogP contribution >= 0.6 is 0 Å². The highest BCUT2D eigenvalue weighted by molar-refractivity contribution is 6.38. The van der Waals surface area contributed by atoms with Gasteiger partial charge in [-0.2, -0.15) is 0 Å². The average Bonchev–Trinajstić information content (AvgIpc) is 2.25. The second-order valence-corrected chi connectivity index (χ2v) is 3.56. The van der Waals surface area contributed by atoms with Gasteiger partial charge in [0.05, 0.1) is 13.2 Å². The Morgan fingerprint density at radius 2 is 1.59 bits per heavy atom. The van der Waals surface area contributed by atoms with Crippen LogP contribution in [0, 0.1) is 5.92 Å². The largest absolute Gasteiger partial charge is 0.465 e. The molecule has 1 unspecified atom stereocenters. The molecule has 0 heterocycles. The molecule has 0 saturated heterocycles. The molecule has 0 fully saturated rings. The fourth-order valence-corrected chi connectivity index (χ4v) is 1.15. The second-order valence-electron chi connectivity index (χ2n) is 3.56. The van der Waals surface area contributed by atoms with Crippen molar-refractivity contribution in [2.24, 2.45) is 5.92 Å². The number of carbonyl (C=O) groups is 3. The van der Waals surface area contributed by atoms with E-state index in [1.165, 1.54) is 6.08 Å². The smallest absolute Gasteiger partial charge is 0.375 e. The number of ether oxygens (including phenoxy) is 2. The number of carbonyl (C=O) groups excluding carboxylic acids is 3. The predicted molar refractivity (Wildman–Crippen MR) is 61.2 cm³/mol. The standard InChI is InChI=1S/C12H18O5/c1-5-16-11(14)9(7-8(3)4)10(13)12(15)17-6-2/h7,9H,5-6H2,1-4H3. The zero-order valence-electron chi connectivity index (χ0n) is 10.6.